The molecule has 1 aromatic rings. The Morgan fingerprint density at radius 2 is 1.75 bits per heavy atom. The topological polar surface area (TPSA) is 29.1 Å². The molecule has 1 fully saturated rings. The molecule has 1 aromatic carbocycles. The van der Waals surface area contributed by atoms with Crippen molar-refractivity contribution in [1.82, 2.24) is 5.32 Å². The maximum Gasteiger partial charge on any atom is 0.123 e. The summed E-state index contributed by atoms with van der Waals surface area (Å²) in [6, 6.07) is 6.33. The zero-order chi connectivity index (χ0) is 10.7. The minimum absolute atomic E-state index is 0. The Kier molecular flexibility index (Phi) is 4.97. The molecule has 0 atom stereocenters. The first kappa shape index (κ1) is 13.7. The molecule has 5 heteroatoms. The molecule has 0 radical (unpaired) electrons. The molecular weight excluding hydrogens is 248 g/mol. The van der Waals surface area contributed by atoms with Crippen molar-refractivity contribution < 1.29 is 8.96 Å². The maximum absolute atomic E-state index is 12.7. The lowest BCUT2D eigenvalue weighted by atomic mass is 10.2. The van der Waals surface area contributed by atoms with E-state index in [4.69, 9.17) is 0 Å². The second-order valence-corrected chi connectivity index (χ2v) is 7.37. The third kappa shape index (κ3) is 3.58. The highest BCUT2D eigenvalue weighted by Gasteiger charge is 2.24. The molecule has 0 amide bonds. The van der Waals surface area contributed by atoms with Crippen LogP contribution in [0.3, 0.4) is 0 Å². The van der Waals surface area contributed by atoms with Gasteiger partial charge in [-0.15, -0.1) is 12.4 Å². The summed E-state index contributed by atoms with van der Waals surface area (Å²) >= 11 is 0. The maximum atomic E-state index is 12.7. The van der Waals surface area contributed by atoms with E-state index in [-0.39, 0.29) is 18.2 Å². The van der Waals surface area contributed by atoms with Crippen LogP contribution in [0.1, 0.15) is 5.56 Å². The van der Waals surface area contributed by atoms with Gasteiger partial charge in [-0.1, -0.05) is 12.1 Å². The highest BCUT2D eigenvalue weighted by atomic mass is 35.5. The summed E-state index contributed by atoms with van der Waals surface area (Å²) < 4.78 is 25.0. The van der Waals surface area contributed by atoms with Crippen LogP contribution in [0.2, 0.25) is 0 Å². The van der Waals surface area contributed by atoms with E-state index in [1.165, 1.54) is 12.1 Å². The van der Waals surface area contributed by atoms with E-state index >= 15 is 0 Å². The van der Waals surface area contributed by atoms with Crippen molar-refractivity contribution in [2.45, 2.75) is 6.16 Å². The van der Waals surface area contributed by atoms with Crippen molar-refractivity contribution in [3.05, 3.63) is 35.6 Å². The van der Waals surface area contributed by atoms with Gasteiger partial charge in [0.2, 0.25) is 0 Å². The number of nitrogens with one attached hydrogen (secondary N) is 1. The standard InChI is InChI=1S/C11H15FNOP.ClH/c12-11-3-1-10(2-4-11)9-15(14)7-5-13-6-8-15;/h1-4,13H,5-9H2;1H. The largest absolute Gasteiger partial charge is 0.323 e. The molecule has 0 aromatic heterocycles. The smallest absolute Gasteiger partial charge is 0.123 e. The fraction of sp³-hybridized carbons (Fsp3) is 0.455. The Hall–Kier alpha value is -0.370. The van der Waals surface area contributed by atoms with Crippen molar-refractivity contribution in [2.24, 2.45) is 0 Å². The summed E-state index contributed by atoms with van der Waals surface area (Å²) in [5.74, 6) is -0.234. The molecule has 16 heavy (non-hydrogen) atoms. The Morgan fingerprint density at radius 1 is 1.19 bits per heavy atom. The van der Waals surface area contributed by atoms with Crippen LogP contribution in [0.25, 0.3) is 0 Å². The van der Waals surface area contributed by atoms with E-state index in [0.717, 1.165) is 31.0 Å². The molecular formula is C11H16ClFNOP. The zero-order valence-electron chi connectivity index (χ0n) is 8.99. The zero-order valence-corrected chi connectivity index (χ0v) is 10.7. The first-order valence-corrected chi connectivity index (χ1v) is 7.46. The average molecular weight is 264 g/mol. The van der Waals surface area contributed by atoms with Gasteiger partial charge in [0.15, 0.2) is 0 Å². The SMILES string of the molecule is Cl.O=P1(Cc2ccc(F)cc2)CCNCC1. The number of benzene rings is 1. The molecule has 1 N–H and O–H groups in total. The van der Waals surface area contributed by atoms with Crippen molar-refractivity contribution >= 4 is 19.5 Å². The predicted molar refractivity (Wildman–Crippen MR) is 67.6 cm³/mol. The first-order chi connectivity index (χ1) is 7.18. The van der Waals surface area contributed by atoms with Crippen LogP contribution in [0.15, 0.2) is 24.3 Å². The summed E-state index contributed by atoms with van der Waals surface area (Å²) in [6.45, 7) is 1.69. The predicted octanol–water partition coefficient (Wildman–Crippen LogP) is 2.71. The Bertz CT molecular complexity index is 372. The molecule has 1 saturated heterocycles. The van der Waals surface area contributed by atoms with Crippen LogP contribution in [0, 0.1) is 5.82 Å². The van der Waals surface area contributed by atoms with Gasteiger partial charge in [0, 0.05) is 31.6 Å². The van der Waals surface area contributed by atoms with E-state index in [1.807, 2.05) is 0 Å². The van der Waals surface area contributed by atoms with E-state index in [2.05, 4.69) is 5.32 Å². The third-order valence-electron chi connectivity index (χ3n) is 2.78. The van der Waals surface area contributed by atoms with Gasteiger partial charge in [-0.05, 0) is 17.7 Å². The molecule has 1 heterocycles. The summed E-state index contributed by atoms with van der Waals surface area (Å²) in [4.78, 5) is 0. The van der Waals surface area contributed by atoms with Gasteiger partial charge in [0.05, 0.1) is 7.14 Å². The van der Waals surface area contributed by atoms with Gasteiger partial charge in [-0.2, -0.15) is 0 Å². The molecule has 1 aliphatic rings. The lowest BCUT2D eigenvalue weighted by Crippen LogP contribution is -2.29. The lowest BCUT2D eigenvalue weighted by Gasteiger charge is -2.23. The van der Waals surface area contributed by atoms with Crippen LogP contribution in [-0.2, 0) is 10.7 Å². The quantitative estimate of drug-likeness (QED) is 0.832. The van der Waals surface area contributed by atoms with Gasteiger partial charge < -0.3 is 9.88 Å². The lowest BCUT2D eigenvalue weighted by molar-refractivity contribution is 0.560. The van der Waals surface area contributed by atoms with Gasteiger partial charge in [0.25, 0.3) is 0 Å². The monoisotopic (exact) mass is 263 g/mol. The van der Waals surface area contributed by atoms with Crippen molar-refractivity contribution in [2.75, 3.05) is 25.4 Å². The van der Waals surface area contributed by atoms with Crippen LogP contribution in [0.4, 0.5) is 4.39 Å². The Balaban J connectivity index is 0.00000128. The first-order valence-electron chi connectivity index (χ1n) is 5.20. The molecule has 90 valence electrons. The van der Waals surface area contributed by atoms with E-state index in [1.54, 1.807) is 12.1 Å². The van der Waals surface area contributed by atoms with E-state index in [9.17, 15) is 8.96 Å². The van der Waals surface area contributed by atoms with Crippen molar-refractivity contribution in [3.8, 4) is 0 Å². The molecule has 0 bridgehead atoms. The van der Waals surface area contributed by atoms with E-state index < -0.39 is 7.14 Å². The Labute approximate surface area is 101 Å². The van der Waals surface area contributed by atoms with Gasteiger partial charge >= 0.3 is 0 Å². The molecule has 2 rings (SSSR count). The number of rotatable bonds is 2. The van der Waals surface area contributed by atoms with Crippen LogP contribution in [0.5, 0.6) is 0 Å². The average Bonchev–Trinajstić information content (AvgIpc) is 2.22. The number of hydrogen-bond donors (Lipinski definition) is 1. The van der Waals surface area contributed by atoms with Crippen LogP contribution < -0.4 is 5.32 Å². The molecule has 0 unspecified atom stereocenters. The van der Waals surface area contributed by atoms with Crippen molar-refractivity contribution in [3.63, 3.8) is 0 Å². The van der Waals surface area contributed by atoms with E-state index in [0.29, 0.717) is 6.16 Å². The van der Waals surface area contributed by atoms with Gasteiger partial charge in [-0.3, -0.25) is 0 Å². The molecule has 0 aliphatic carbocycles. The summed E-state index contributed by atoms with van der Waals surface area (Å²) in [5.41, 5.74) is 0.988. The molecule has 1 aliphatic heterocycles. The highest BCUT2D eigenvalue weighted by Crippen LogP contribution is 2.49. The molecule has 2 nitrogen and oxygen atoms in total. The fourth-order valence-electron chi connectivity index (χ4n) is 1.88. The summed E-state index contributed by atoms with van der Waals surface area (Å²) in [5, 5.41) is 3.20. The fourth-order valence-corrected chi connectivity index (χ4v) is 4.43. The summed E-state index contributed by atoms with van der Waals surface area (Å²) in [7, 11) is -2.04. The normalized spacial score (nSPS) is 18.8. The second kappa shape index (κ2) is 5.81. The minimum Gasteiger partial charge on any atom is -0.323 e. The van der Waals surface area contributed by atoms with Crippen LogP contribution in [-0.4, -0.2) is 25.4 Å². The Morgan fingerprint density at radius 3 is 2.31 bits per heavy atom. The van der Waals surface area contributed by atoms with Gasteiger partial charge in [-0.25, -0.2) is 4.39 Å². The van der Waals surface area contributed by atoms with Crippen molar-refractivity contribution in [1.29, 1.82) is 0 Å². The number of halogens is 2. The highest BCUT2D eigenvalue weighted by molar-refractivity contribution is 7.63. The summed E-state index contributed by atoms with van der Waals surface area (Å²) in [6.07, 6.45) is 2.16. The molecule has 0 saturated carbocycles. The second-order valence-electron chi connectivity index (χ2n) is 4.04. The van der Waals surface area contributed by atoms with Crippen LogP contribution >= 0.6 is 19.5 Å². The minimum atomic E-state index is -2.04. The van der Waals surface area contributed by atoms with Gasteiger partial charge in [0.1, 0.15) is 5.82 Å². The number of hydrogen-bond acceptors (Lipinski definition) is 2. The third-order valence-corrected chi connectivity index (χ3v) is 5.79. The molecule has 0 spiro atoms.